The quantitative estimate of drug-likeness (QED) is 0.845. The second-order valence-corrected chi connectivity index (χ2v) is 6.23. The summed E-state index contributed by atoms with van der Waals surface area (Å²) in [6.45, 7) is 7.52. The summed E-state index contributed by atoms with van der Waals surface area (Å²) < 4.78 is 11.5. The van der Waals surface area contributed by atoms with E-state index in [1.807, 2.05) is 18.2 Å². The molecule has 0 bridgehead atoms. The molecule has 0 aromatic heterocycles. The third-order valence-electron chi connectivity index (χ3n) is 2.79. The second kappa shape index (κ2) is 6.55. The highest BCUT2D eigenvalue weighted by molar-refractivity contribution is 9.10. The van der Waals surface area contributed by atoms with E-state index in [2.05, 4.69) is 36.7 Å². The lowest BCUT2D eigenvalue weighted by Gasteiger charge is -2.27. The van der Waals surface area contributed by atoms with Crippen molar-refractivity contribution in [1.82, 2.24) is 0 Å². The van der Waals surface area contributed by atoms with Gasteiger partial charge in [-0.3, -0.25) is 0 Å². The van der Waals surface area contributed by atoms with Gasteiger partial charge in [-0.15, -0.1) is 0 Å². The SMILES string of the molecule is COCCOc1ccc(C(N)C(C)(C)C)cc1Br. The van der Waals surface area contributed by atoms with E-state index in [1.54, 1.807) is 7.11 Å². The summed E-state index contributed by atoms with van der Waals surface area (Å²) in [5.74, 6) is 0.817. The Hall–Kier alpha value is -0.580. The van der Waals surface area contributed by atoms with Crippen molar-refractivity contribution in [3.05, 3.63) is 28.2 Å². The molecule has 0 saturated carbocycles. The maximum absolute atomic E-state index is 6.23. The first-order chi connectivity index (χ1) is 8.36. The largest absolute Gasteiger partial charge is 0.490 e. The van der Waals surface area contributed by atoms with Crippen LogP contribution in [0.1, 0.15) is 32.4 Å². The molecule has 18 heavy (non-hydrogen) atoms. The number of hydrogen-bond acceptors (Lipinski definition) is 3. The number of nitrogens with two attached hydrogens (primary N) is 1. The fraction of sp³-hybridized carbons (Fsp3) is 0.571. The Balaban J connectivity index is 2.79. The van der Waals surface area contributed by atoms with Crippen LogP contribution >= 0.6 is 15.9 Å². The molecule has 0 aliphatic carbocycles. The highest BCUT2D eigenvalue weighted by Crippen LogP contribution is 2.34. The molecule has 0 fully saturated rings. The van der Waals surface area contributed by atoms with Crippen molar-refractivity contribution in [2.45, 2.75) is 26.8 Å². The molecule has 2 N–H and O–H groups in total. The third kappa shape index (κ3) is 4.26. The molecule has 102 valence electrons. The van der Waals surface area contributed by atoms with Gasteiger partial charge in [0.25, 0.3) is 0 Å². The summed E-state index contributed by atoms with van der Waals surface area (Å²) in [5.41, 5.74) is 7.38. The molecule has 0 spiro atoms. The highest BCUT2D eigenvalue weighted by atomic mass is 79.9. The van der Waals surface area contributed by atoms with Crippen molar-refractivity contribution in [1.29, 1.82) is 0 Å². The Morgan fingerprint density at radius 2 is 1.94 bits per heavy atom. The molecule has 1 atom stereocenters. The van der Waals surface area contributed by atoms with Gasteiger partial charge in [-0.1, -0.05) is 26.8 Å². The molecule has 0 radical (unpaired) electrons. The van der Waals surface area contributed by atoms with Crippen LogP contribution in [0.3, 0.4) is 0 Å². The molecule has 4 heteroatoms. The van der Waals surface area contributed by atoms with E-state index in [-0.39, 0.29) is 11.5 Å². The number of methoxy groups -OCH3 is 1. The predicted octanol–water partition coefficient (Wildman–Crippen LogP) is 3.52. The van der Waals surface area contributed by atoms with E-state index in [9.17, 15) is 0 Å². The summed E-state index contributed by atoms with van der Waals surface area (Å²) in [6.07, 6.45) is 0. The van der Waals surface area contributed by atoms with Gasteiger partial charge in [0, 0.05) is 13.2 Å². The van der Waals surface area contributed by atoms with Crippen LogP contribution in [0.4, 0.5) is 0 Å². The van der Waals surface area contributed by atoms with E-state index in [0.29, 0.717) is 13.2 Å². The van der Waals surface area contributed by atoms with E-state index in [1.165, 1.54) is 0 Å². The lowest BCUT2D eigenvalue weighted by atomic mass is 9.83. The van der Waals surface area contributed by atoms with Crippen LogP contribution in [0.15, 0.2) is 22.7 Å². The standard InChI is InChI=1S/C14H22BrNO2/c1-14(2,3)13(16)10-5-6-12(11(15)9-10)18-8-7-17-4/h5-6,9,13H,7-8,16H2,1-4H3. The maximum atomic E-state index is 6.23. The molecular formula is C14H22BrNO2. The summed E-state index contributed by atoms with van der Waals surface area (Å²) >= 11 is 3.51. The number of benzene rings is 1. The summed E-state index contributed by atoms with van der Waals surface area (Å²) in [6, 6.07) is 5.99. The number of rotatable bonds is 5. The average Bonchev–Trinajstić information content (AvgIpc) is 2.29. The summed E-state index contributed by atoms with van der Waals surface area (Å²) in [5, 5.41) is 0. The minimum absolute atomic E-state index is 0.00169. The van der Waals surface area contributed by atoms with Crippen LogP contribution in [0.25, 0.3) is 0 Å². The Morgan fingerprint density at radius 1 is 1.28 bits per heavy atom. The highest BCUT2D eigenvalue weighted by Gasteiger charge is 2.22. The Kier molecular flexibility index (Phi) is 5.63. The normalized spacial score (nSPS) is 13.4. The molecule has 1 aromatic rings. The van der Waals surface area contributed by atoms with Gasteiger partial charge in [0.15, 0.2) is 0 Å². The second-order valence-electron chi connectivity index (χ2n) is 5.37. The third-order valence-corrected chi connectivity index (χ3v) is 3.41. The van der Waals surface area contributed by atoms with Crippen LogP contribution in [0.2, 0.25) is 0 Å². The van der Waals surface area contributed by atoms with Gasteiger partial charge < -0.3 is 15.2 Å². The van der Waals surface area contributed by atoms with Crippen molar-refractivity contribution in [2.75, 3.05) is 20.3 Å². The zero-order valence-electron chi connectivity index (χ0n) is 11.5. The molecule has 0 aliphatic heterocycles. The molecule has 0 saturated heterocycles. The fourth-order valence-electron chi connectivity index (χ4n) is 1.56. The summed E-state index contributed by atoms with van der Waals surface area (Å²) in [4.78, 5) is 0. The van der Waals surface area contributed by atoms with Gasteiger partial charge in [0.2, 0.25) is 0 Å². The Labute approximate surface area is 118 Å². The molecule has 0 heterocycles. The first-order valence-corrected chi connectivity index (χ1v) is 6.82. The van der Waals surface area contributed by atoms with Crippen molar-refractivity contribution >= 4 is 15.9 Å². The first-order valence-electron chi connectivity index (χ1n) is 6.03. The molecule has 3 nitrogen and oxygen atoms in total. The topological polar surface area (TPSA) is 44.5 Å². The van der Waals surface area contributed by atoms with Crippen molar-refractivity contribution in [3.63, 3.8) is 0 Å². The van der Waals surface area contributed by atoms with Gasteiger partial charge in [-0.25, -0.2) is 0 Å². The Morgan fingerprint density at radius 3 is 2.44 bits per heavy atom. The smallest absolute Gasteiger partial charge is 0.133 e. The molecular weight excluding hydrogens is 294 g/mol. The zero-order chi connectivity index (χ0) is 13.8. The number of halogens is 1. The van der Waals surface area contributed by atoms with Crippen LogP contribution in [0.5, 0.6) is 5.75 Å². The van der Waals surface area contributed by atoms with Gasteiger partial charge in [-0.05, 0) is 39.0 Å². The summed E-state index contributed by atoms with van der Waals surface area (Å²) in [7, 11) is 1.66. The van der Waals surface area contributed by atoms with Gasteiger partial charge >= 0.3 is 0 Å². The molecule has 0 amide bonds. The van der Waals surface area contributed by atoms with Crippen molar-refractivity contribution in [2.24, 2.45) is 11.1 Å². The van der Waals surface area contributed by atoms with Crippen molar-refractivity contribution in [3.8, 4) is 5.75 Å². The van der Waals surface area contributed by atoms with Gasteiger partial charge in [-0.2, -0.15) is 0 Å². The number of hydrogen-bond donors (Lipinski definition) is 1. The molecule has 0 aliphatic rings. The molecule has 1 unspecified atom stereocenters. The average molecular weight is 316 g/mol. The Bertz CT molecular complexity index is 388. The van der Waals surface area contributed by atoms with E-state index >= 15 is 0 Å². The van der Waals surface area contributed by atoms with E-state index in [4.69, 9.17) is 15.2 Å². The van der Waals surface area contributed by atoms with Crippen LogP contribution in [-0.2, 0) is 4.74 Å². The van der Waals surface area contributed by atoms with Crippen molar-refractivity contribution < 1.29 is 9.47 Å². The van der Waals surface area contributed by atoms with Gasteiger partial charge in [0.1, 0.15) is 12.4 Å². The number of ether oxygens (including phenoxy) is 2. The maximum Gasteiger partial charge on any atom is 0.133 e. The lowest BCUT2D eigenvalue weighted by Crippen LogP contribution is -2.26. The first kappa shape index (κ1) is 15.5. The zero-order valence-corrected chi connectivity index (χ0v) is 13.1. The minimum Gasteiger partial charge on any atom is -0.490 e. The van der Waals surface area contributed by atoms with Crippen LogP contribution in [0, 0.1) is 5.41 Å². The predicted molar refractivity (Wildman–Crippen MR) is 77.9 cm³/mol. The van der Waals surface area contributed by atoms with Crippen LogP contribution < -0.4 is 10.5 Å². The van der Waals surface area contributed by atoms with E-state index in [0.717, 1.165) is 15.8 Å². The van der Waals surface area contributed by atoms with Gasteiger partial charge in [0.05, 0.1) is 11.1 Å². The molecule has 1 aromatic carbocycles. The monoisotopic (exact) mass is 315 g/mol. The molecule has 1 rings (SSSR count). The minimum atomic E-state index is 0.00169. The lowest BCUT2D eigenvalue weighted by molar-refractivity contribution is 0.146. The van der Waals surface area contributed by atoms with E-state index < -0.39 is 0 Å². The van der Waals surface area contributed by atoms with Crippen LogP contribution in [-0.4, -0.2) is 20.3 Å². The fourth-order valence-corrected chi connectivity index (χ4v) is 2.07.